The number of rotatable bonds is 9. The second-order valence-electron chi connectivity index (χ2n) is 5.79. The highest BCUT2D eigenvalue weighted by atomic mass is 32.1. The number of alkyl halides is 3. The van der Waals surface area contributed by atoms with Gasteiger partial charge in [0.25, 0.3) is 0 Å². The molecule has 0 fully saturated rings. The van der Waals surface area contributed by atoms with E-state index in [0.29, 0.717) is 25.0 Å². The van der Waals surface area contributed by atoms with E-state index in [1.165, 1.54) is 0 Å². The van der Waals surface area contributed by atoms with Crippen LogP contribution in [0.4, 0.5) is 13.2 Å². The lowest BCUT2D eigenvalue weighted by Gasteiger charge is -2.16. The van der Waals surface area contributed by atoms with Crippen molar-refractivity contribution in [2.75, 3.05) is 26.3 Å². The Morgan fingerprint density at radius 2 is 2.08 bits per heavy atom. The molecule has 1 atom stereocenters. The number of nitrogens with one attached hydrogen (secondary N) is 2. The van der Waals surface area contributed by atoms with Crippen LogP contribution in [0.3, 0.4) is 0 Å². The molecule has 0 spiro atoms. The summed E-state index contributed by atoms with van der Waals surface area (Å²) in [5, 5.41) is 17.0. The van der Waals surface area contributed by atoms with Gasteiger partial charge in [0, 0.05) is 25.1 Å². The molecule has 0 saturated carbocycles. The highest BCUT2D eigenvalue weighted by Gasteiger charge is 2.33. The lowest BCUT2D eigenvalue weighted by atomic mass is 10.2. The second kappa shape index (κ2) is 10.6. The van der Waals surface area contributed by atoms with Gasteiger partial charge in [-0.1, -0.05) is 13.8 Å². The minimum absolute atomic E-state index is 0.0238. The monoisotopic (exact) mass is 382 g/mol. The van der Waals surface area contributed by atoms with Crippen molar-refractivity contribution in [3.63, 3.8) is 0 Å². The number of ether oxygens (including phenoxy) is 1. The van der Waals surface area contributed by atoms with Gasteiger partial charge >= 0.3 is 6.18 Å². The second-order valence-corrected chi connectivity index (χ2v) is 6.73. The Labute approximate surface area is 149 Å². The fourth-order valence-corrected chi connectivity index (χ4v) is 2.44. The Morgan fingerprint density at radius 1 is 1.36 bits per heavy atom. The predicted molar refractivity (Wildman–Crippen MR) is 91.6 cm³/mol. The van der Waals surface area contributed by atoms with Crippen LogP contribution in [0.1, 0.15) is 31.5 Å². The SMILES string of the molecule is CCNC(=NCc1nc(C(F)(F)F)cs1)NCC(O)COCC(C)C. The zero-order valence-electron chi connectivity index (χ0n) is 14.6. The third kappa shape index (κ3) is 9.03. The Morgan fingerprint density at radius 3 is 2.64 bits per heavy atom. The van der Waals surface area contributed by atoms with E-state index in [1.807, 2.05) is 20.8 Å². The van der Waals surface area contributed by atoms with Crippen LogP contribution in [-0.4, -0.2) is 48.5 Å². The number of aromatic nitrogens is 1. The number of aliphatic imine (C=N–C) groups is 1. The number of halogens is 3. The molecule has 25 heavy (non-hydrogen) atoms. The lowest BCUT2D eigenvalue weighted by Crippen LogP contribution is -2.42. The van der Waals surface area contributed by atoms with E-state index in [9.17, 15) is 18.3 Å². The van der Waals surface area contributed by atoms with Crippen molar-refractivity contribution in [1.82, 2.24) is 15.6 Å². The minimum atomic E-state index is -4.44. The van der Waals surface area contributed by atoms with Crippen LogP contribution in [0.2, 0.25) is 0 Å². The molecule has 0 aliphatic carbocycles. The summed E-state index contributed by atoms with van der Waals surface area (Å²) in [6.45, 7) is 7.49. The Hall–Kier alpha value is -1.39. The van der Waals surface area contributed by atoms with Gasteiger partial charge < -0.3 is 20.5 Å². The van der Waals surface area contributed by atoms with Crippen LogP contribution in [0.5, 0.6) is 0 Å². The summed E-state index contributed by atoms with van der Waals surface area (Å²) in [5.41, 5.74) is -0.904. The molecule has 0 aliphatic heterocycles. The van der Waals surface area contributed by atoms with Crippen molar-refractivity contribution in [1.29, 1.82) is 0 Å². The molecule has 0 radical (unpaired) electrons. The molecule has 1 rings (SSSR count). The number of hydrogen-bond acceptors (Lipinski definition) is 5. The number of nitrogens with zero attached hydrogens (tertiary/aromatic N) is 2. The Balaban J connectivity index is 2.49. The van der Waals surface area contributed by atoms with Crippen LogP contribution in [0, 0.1) is 5.92 Å². The molecule has 144 valence electrons. The van der Waals surface area contributed by atoms with Crippen molar-refractivity contribution < 1.29 is 23.0 Å². The highest BCUT2D eigenvalue weighted by Crippen LogP contribution is 2.30. The van der Waals surface area contributed by atoms with Gasteiger partial charge in [-0.3, -0.25) is 0 Å². The molecule has 1 aromatic heterocycles. The van der Waals surface area contributed by atoms with Gasteiger partial charge in [0.05, 0.1) is 19.3 Å². The van der Waals surface area contributed by atoms with Crippen LogP contribution in [-0.2, 0) is 17.5 Å². The maximum Gasteiger partial charge on any atom is 0.434 e. The van der Waals surface area contributed by atoms with E-state index in [-0.39, 0.29) is 24.7 Å². The molecule has 6 nitrogen and oxygen atoms in total. The highest BCUT2D eigenvalue weighted by molar-refractivity contribution is 7.09. The third-order valence-electron chi connectivity index (χ3n) is 2.83. The van der Waals surface area contributed by atoms with Crippen molar-refractivity contribution in [3.05, 3.63) is 16.1 Å². The largest absolute Gasteiger partial charge is 0.434 e. The van der Waals surface area contributed by atoms with Gasteiger partial charge in [0.1, 0.15) is 5.01 Å². The molecule has 0 saturated heterocycles. The molecule has 1 unspecified atom stereocenters. The van der Waals surface area contributed by atoms with Crippen LogP contribution in [0.25, 0.3) is 0 Å². The summed E-state index contributed by atoms with van der Waals surface area (Å²) >= 11 is 0.912. The average molecular weight is 382 g/mol. The molecule has 3 N–H and O–H groups in total. The van der Waals surface area contributed by atoms with Gasteiger partial charge in [-0.2, -0.15) is 13.2 Å². The topological polar surface area (TPSA) is 78.8 Å². The van der Waals surface area contributed by atoms with Gasteiger partial charge in [-0.05, 0) is 12.8 Å². The van der Waals surface area contributed by atoms with Crippen LogP contribution < -0.4 is 10.6 Å². The van der Waals surface area contributed by atoms with Crippen LogP contribution in [0.15, 0.2) is 10.4 Å². The molecular formula is C15H25F3N4O2S. The first-order chi connectivity index (χ1) is 11.7. The van der Waals surface area contributed by atoms with E-state index in [4.69, 9.17) is 4.74 Å². The summed E-state index contributed by atoms with van der Waals surface area (Å²) < 4.78 is 42.9. The smallest absolute Gasteiger partial charge is 0.389 e. The van der Waals surface area contributed by atoms with Crippen molar-refractivity contribution in [3.8, 4) is 0 Å². The van der Waals surface area contributed by atoms with Gasteiger partial charge in [-0.25, -0.2) is 9.98 Å². The molecule has 0 amide bonds. The maximum atomic E-state index is 12.5. The van der Waals surface area contributed by atoms with E-state index >= 15 is 0 Å². The minimum Gasteiger partial charge on any atom is -0.389 e. The fraction of sp³-hybridized carbons (Fsp3) is 0.733. The Bertz CT molecular complexity index is 535. The van der Waals surface area contributed by atoms with Crippen LogP contribution >= 0.6 is 11.3 Å². The fourth-order valence-electron chi connectivity index (χ4n) is 1.72. The van der Waals surface area contributed by atoms with E-state index in [1.54, 1.807) is 0 Å². The Kier molecular flexibility index (Phi) is 9.15. The first-order valence-electron chi connectivity index (χ1n) is 8.02. The van der Waals surface area contributed by atoms with Crippen molar-refractivity contribution in [2.24, 2.45) is 10.9 Å². The molecule has 1 aromatic rings. The number of thiazole rings is 1. The molecule has 0 aliphatic rings. The summed E-state index contributed by atoms with van der Waals surface area (Å²) in [6, 6.07) is 0. The molecular weight excluding hydrogens is 357 g/mol. The van der Waals surface area contributed by atoms with Crippen molar-refractivity contribution >= 4 is 17.3 Å². The quantitative estimate of drug-likeness (QED) is 0.451. The third-order valence-corrected chi connectivity index (χ3v) is 3.66. The normalized spacial score (nSPS) is 14.0. The van der Waals surface area contributed by atoms with Gasteiger partial charge in [0.2, 0.25) is 0 Å². The van der Waals surface area contributed by atoms with E-state index in [0.717, 1.165) is 16.7 Å². The molecule has 10 heteroatoms. The average Bonchev–Trinajstić information content (AvgIpc) is 2.99. The zero-order chi connectivity index (χ0) is 18.9. The van der Waals surface area contributed by atoms with Gasteiger partial charge in [-0.15, -0.1) is 11.3 Å². The number of aliphatic hydroxyl groups excluding tert-OH is 1. The summed E-state index contributed by atoms with van der Waals surface area (Å²) in [7, 11) is 0. The number of aliphatic hydroxyl groups is 1. The van der Waals surface area contributed by atoms with Gasteiger partial charge in [0.15, 0.2) is 11.7 Å². The molecule has 1 heterocycles. The lowest BCUT2D eigenvalue weighted by molar-refractivity contribution is -0.140. The maximum absolute atomic E-state index is 12.5. The number of hydrogen-bond donors (Lipinski definition) is 3. The first kappa shape index (κ1) is 21.7. The standard InChI is InChI=1S/C15H25F3N4O2S/c1-4-19-14(20-5-11(23)8-24-7-10(2)3)21-6-13-22-12(9-25-13)15(16,17)18/h9-11,23H,4-8H2,1-3H3,(H2,19,20,21). The van der Waals surface area contributed by atoms with E-state index in [2.05, 4.69) is 20.6 Å². The summed E-state index contributed by atoms with van der Waals surface area (Å²) in [5.74, 6) is 0.785. The van der Waals surface area contributed by atoms with E-state index < -0.39 is 18.0 Å². The summed E-state index contributed by atoms with van der Waals surface area (Å²) in [4.78, 5) is 7.71. The molecule has 0 aromatic carbocycles. The summed E-state index contributed by atoms with van der Waals surface area (Å²) in [6.07, 6.45) is -5.15. The molecule has 0 bridgehead atoms. The zero-order valence-corrected chi connectivity index (χ0v) is 15.4. The van der Waals surface area contributed by atoms with Crippen molar-refractivity contribution in [2.45, 2.75) is 39.6 Å². The first-order valence-corrected chi connectivity index (χ1v) is 8.89. The number of guanidine groups is 1. The predicted octanol–water partition coefficient (Wildman–Crippen LogP) is 2.25.